The first-order chi connectivity index (χ1) is 8.66. The van der Waals surface area contributed by atoms with Gasteiger partial charge in [0.15, 0.2) is 0 Å². The van der Waals surface area contributed by atoms with Gasteiger partial charge in [-0.1, -0.05) is 30.3 Å². The minimum atomic E-state index is 0.309. The Morgan fingerprint density at radius 3 is 2.61 bits per heavy atom. The predicted molar refractivity (Wildman–Crippen MR) is 81.3 cm³/mol. The van der Waals surface area contributed by atoms with Crippen LogP contribution >= 0.6 is 31.9 Å². The Kier molecular flexibility index (Phi) is 4.92. The number of aromatic nitrogens is 1. The molecule has 0 fully saturated rings. The van der Waals surface area contributed by atoms with Gasteiger partial charge in [0.1, 0.15) is 0 Å². The summed E-state index contributed by atoms with van der Waals surface area (Å²) in [5, 5.41) is 3.47. The Hall–Kier alpha value is -0.710. The predicted octanol–water partition coefficient (Wildman–Crippen LogP) is 4.46. The molecule has 0 aliphatic heterocycles. The molecule has 2 aromatic rings. The monoisotopic (exact) mass is 368 g/mol. The Labute approximate surface area is 124 Å². The molecule has 1 unspecified atom stereocenters. The van der Waals surface area contributed by atoms with E-state index in [1.807, 2.05) is 18.3 Å². The molecule has 1 aromatic heterocycles. The SMILES string of the molecule is CC(NCc1ncc(Br)cc1Br)c1ccccc1. The van der Waals surface area contributed by atoms with Gasteiger partial charge in [0, 0.05) is 27.7 Å². The van der Waals surface area contributed by atoms with Crippen LogP contribution in [0.4, 0.5) is 0 Å². The quantitative estimate of drug-likeness (QED) is 0.860. The van der Waals surface area contributed by atoms with Crippen molar-refractivity contribution < 1.29 is 0 Å². The molecular weight excluding hydrogens is 356 g/mol. The number of benzene rings is 1. The third-order valence-electron chi connectivity index (χ3n) is 2.76. The van der Waals surface area contributed by atoms with E-state index in [4.69, 9.17) is 0 Å². The highest BCUT2D eigenvalue weighted by molar-refractivity contribution is 9.11. The largest absolute Gasteiger partial charge is 0.305 e. The highest BCUT2D eigenvalue weighted by Gasteiger charge is 2.06. The van der Waals surface area contributed by atoms with E-state index < -0.39 is 0 Å². The van der Waals surface area contributed by atoms with Crippen LogP contribution in [0.3, 0.4) is 0 Å². The van der Waals surface area contributed by atoms with Crippen molar-refractivity contribution in [3.63, 3.8) is 0 Å². The van der Waals surface area contributed by atoms with Crippen LogP contribution < -0.4 is 5.32 Å². The van der Waals surface area contributed by atoms with Gasteiger partial charge in [0.25, 0.3) is 0 Å². The first-order valence-electron chi connectivity index (χ1n) is 5.75. The third kappa shape index (κ3) is 3.64. The highest BCUT2D eigenvalue weighted by Crippen LogP contribution is 2.20. The van der Waals surface area contributed by atoms with Gasteiger partial charge in [-0.2, -0.15) is 0 Å². The molecule has 0 aliphatic rings. The van der Waals surface area contributed by atoms with Crippen LogP contribution in [-0.4, -0.2) is 4.98 Å². The van der Waals surface area contributed by atoms with Crippen molar-refractivity contribution in [1.82, 2.24) is 10.3 Å². The van der Waals surface area contributed by atoms with E-state index in [-0.39, 0.29) is 0 Å². The summed E-state index contributed by atoms with van der Waals surface area (Å²) in [5.41, 5.74) is 2.30. The van der Waals surface area contributed by atoms with Gasteiger partial charge in [0.05, 0.1) is 5.69 Å². The Morgan fingerprint density at radius 1 is 1.22 bits per heavy atom. The van der Waals surface area contributed by atoms with E-state index in [9.17, 15) is 0 Å². The molecule has 0 bridgehead atoms. The van der Waals surface area contributed by atoms with Crippen LogP contribution in [0.1, 0.15) is 24.2 Å². The molecule has 0 saturated heterocycles. The number of nitrogens with one attached hydrogen (secondary N) is 1. The zero-order valence-electron chi connectivity index (χ0n) is 10.0. The van der Waals surface area contributed by atoms with Gasteiger partial charge < -0.3 is 5.32 Å². The average Bonchev–Trinajstić information content (AvgIpc) is 2.38. The summed E-state index contributed by atoms with van der Waals surface area (Å²) in [4.78, 5) is 4.39. The van der Waals surface area contributed by atoms with Gasteiger partial charge >= 0.3 is 0 Å². The maximum atomic E-state index is 4.39. The van der Waals surface area contributed by atoms with Crippen molar-refractivity contribution >= 4 is 31.9 Å². The van der Waals surface area contributed by atoms with Gasteiger partial charge in [0.2, 0.25) is 0 Å². The lowest BCUT2D eigenvalue weighted by Crippen LogP contribution is -2.19. The molecule has 0 aliphatic carbocycles. The Bertz CT molecular complexity index is 514. The van der Waals surface area contributed by atoms with Crippen LogP contribution in [0.2, 0.25) is 0 Å². The maximum Gasteiger partial charge on any atom is 0.0684 e. The van der Waals surface area contributed by atoms with Crippen molar-refractivity contribution in [3.8, 4) is 0 Å². The molecule has 4 heteroatoms. The maximum absolute atomic E-state index is 4.39. The third-order valence-corrected chi connectivity index (χ3v) is 3.88. The number of pyridine rings is 1. The molecule has 0 saturated carbocycles. The zero-order chi connectivity index (χ0) is 13.0. The molecule has 1 aromatic carbocycles. The number of hydrogen-bond donors (Lipinski definition) is 1. The fourth-order valence-electron chi connectivity index (χ4n) is 1.68. The van der Waals surface area contributed by atoms with Gasteiger partial charge in [-0.15, -0.1) is 0 Å². The molecule has 1 atom stereocenters. The van der Waals surface area contributed by atoms with E-state index in [1.54, 1.807) is 0 Å². The van der Waals surface area contributed by atoms with Crippen molar-refractivity contribution in [3.05, 3.63) is 62.8 Å². The summed E-state index contributed by atoms with van der Waals surface area (Å²) in [7, 11) is 0. The molecule has 2 nitrogen and oxygen atoms in total. The lowest BCUT2D eigenvalue weighted by Gasteiger charge is -2.14. The molecular formula is C14H14Br2N2. The molecule has 0 radical (unpaired) electrons. The van der Waals surface area contributed by atoms with Crippen LogP contribution in [0.15, 0.2) is 51.5 Å². The summed E-state index contributed by atoms with van der Waals surface area (Å²) in [5.74, 6) is 0. The lowest BCUT2D eigenvalue weighted by atomic mass is 10.1. The second-order valence-electron chi connectivity index (χ2n) is 4.10. The standard InChI is InChI=1S/C14H14Br2N2/c1-10(11-5-3-2-4-6-11)17-9-14-13(16)7-12(15)8-18-14/h2-8,10,17H,9H2,1H3. The van der Waals surface area contributed by atoms with Crippen LogP contribution in [0.25, 0.3) is 0 Å². The molecule has 94 valence electrons. The number of halogens is 2. The van der Waals surface area contributed by atoms with Gasteiger partial charge in [-0.25, -0.2) is 0 Å². The minimum Gasteiger partial charge on any atom is -0.305 e. The smallest absolute Gasteiger partial charge is 0.0684 e. The van der Waals surface area contributed by atoms with Crippen molar-refractivity contribution in [1.29, 1.82) is 0 Å². The second kappa shape index (κ2) is 6.45. The average molecular weight is 370 g/mol. The van der Waals surface area contributed by atoms with Crippen LogP contribution in [0.5, 0.6) is 0 Å². The summed E-state index contributed by atoms with van der Waals surface area (Å²) in [6.45, 7) is 2.89. The van der Waals surface area contributed by atoms with E-state index in [2.05, 4.69) is 73.3 Å². The zero-order valence-corrected chi connectivity index (χ0v) is 13.2. The summed E-state index contributed by atoms with van der Waals surface area (Å²) < 4.78 is 2.00. The summed E-state index contributed by atoms with van der Waals surface area (Å²) >= 11 is 6.92. The molecule has 2 rings (SSSR count). The topological polar surface area (TPSA) is 24.9 Å². The lowest BCUT2D eigenvalue weighted by molar-refractivity contribution is 0.566. The molecule has 0 spiro atoms. The van der Waals surface area contributed by atoms with E-state index >= 15 is 0 Å². The first-order valence-corrected chi connectivity index (χ1v) is 7.33. The fraction of sp³-hybridized carbons (Fsp3) is 0.214. The van der Waals surface area contributed by atoms with Crippen molar-refractivity contribution in [2.45, 2.75) is 19.5 Å². The molecule has 18 heavy (non-hydrogen) atoms. The Balaban J connectivity index is 1.99. The highest BCUT2D eigenvalue weighted by atomic mass is 79.9. The Morgan fingerprint density at radius 2 is 1.94 bits per heavy atom. The second-order valence-corrected chi connectivity index (χ2v) is 5.87. The molecule has 1 N–H and O–H groups in total. The van der Waals surface area contributed by atoms with E-state index in [1.165, 1.54) is 5.56 Å². The van der Waals surface area contributed by atoms with Crippen molar-refractivity contribution in [2.75, 3.05) is 0 Å². The fourth-order valence-corrected chi connectivity index (χ4v) is 2.81. The van der Waals surface area contributed by atoms with Crippen LogP contribution in [-0.2, 0) is 6.54 Å². The summed E-state index contributed by atoms with van der Waals surface area (Å²) in [6.07, 6.45) is 1.81. The van der Waals surface area contributed by atoms with Crippen LogP contribution in [0, 0.1) is 0 Å². The molecule has 0 amide bonds. The number of rotatable bonds is 4. The number of hydrogen-bond acceptors (Lipinski definition) is 2. The van der Waals surface area contributed by atoms with Crippen molar-refractivity contribution in [2.24, 2.45) is 0 Å². The first kappa shape index (κ1) is 13.7. The summed E-state index contributed by atoms with van der Waals surface area (Å²) in [6, 6.07) is 12.7. The van der Waals surface area contributed by atoms with E-state index in [0.717, 1.165) is 21.2 Å². The van der Waals surface area contributed by atoms with E-state index in [0.29, 0.717) is 6.04 Å². The number of nitrogens with zero attached hydrogens (tertiary/aromatic N) is 1. The van der Waals surface area contributed by atoms with Gasteiger partial charge in [-0.05, 0) is 50.4 Å². The molecule has 1 heterocycles. The minimum absolute atomic E-state index is 0.309. The van der Waals surface area contributed by atoms with Gasteiger partial charge in [-0.3, -0.25) is 4.98 Å². The normalized spacial score (nSPS) is 12.4.